The first-order valence-electron chi connectivity index (χ1n) is 6.39. The van der Waals surface area contributed by atoms with Crippen molar-refractivity contribution in [2.45, 2.75) is 11.3 Å². The Bertz CT molecular complexity index is 740. The second kappa shape index (κ2) is 7.19. The highest BCUT2D eigenvalue weighted by molar-refractivity contribution is 7.91. The van der Waals surface area contributed by atoms with Gasteiger partial charge in [-0.2, -0.15) is 0 Å². The van der Waals surface area contributed by atoms with Crippen molar-refractivity contribution in [1.82, 2.24) is 10.9 Å². The first-order chi connectivity index (χ1) is 10.5. The van der Waals surface area contributed by atoms with E-state index in [2.05, 4.69) is 10.9 Å². The third kappa shape index (κ3) is 4.40. The largest absolute Gasteiger partial charge is 0.279 e. The molecule has 0 unspecified atom stereocenters. The Kier molecular flexibility index (Phi) is 5.29. The molecule has 2 aromatic rings. The molecule has 8 heteroatoms. The first-order valence-corrected chi connectivity index (χ1v) is 8.93. The van der Waals surface area contributed by atoms with Crippen molar-refractivity contribution < 1.29 is 18.0 Å². The van der Waals surface area contributed by atoms with Crippen LogP contribution < -0.4 is 10.9 Å². The van der Waals surface area contributed by atoms with Crippen LogP contribution in [0.2, 0.25) is 0 Å². The third-order valence-electron chi connectivity index (χ3n) is 2.76. The fraction of sp³-hybridized carbons (Fsp3) is 0.143. The molecule has 0 saturated carbocycles. The summed E-state index contributed by atoms with van der Waals surface area (Å²) < 4.78 is 24.0. The molecule has 0 bridgehead atoms. The molecule has 1 aromatic carbocycles. The summed E-state index contributed by atoms with van der Waals surface area (Å²) in [6, 6.07) is 11.2. The summed E-state index contributed by atoms with van der Waals surface area (Å²) in [5, 5.41) is 1.74. The molecular weight excluding hydrogens is 324 g/mol. The number of carbonyl (C=O) groups is 2. The lowest BCUT2D eigenvalue weighted by Gasteiger charge is -2.07. The average molecular weight is 338 g/mol. The molecule has 0 aliphatic carbocycles. The second-order valence-corrected chi connectivity index (χ2v) is 7.42. The molecule has 2 N–H and O–H groups in total. The van der Waals surface area contributed by atoms with E-state index in [1.807, 2.05) is 0 Å². The minimum absolute atomic E-state index is 0.172. The molecule has 0 saturated heterocycles. The predicted octanol–water partition coefficient (Wildman–Crippen LogP) is 1.37. The molecule has 0 fully saturated rings. The number of hydrogen-bond acceptors (Lipinski definition) is 5. The van der Waals surface area contributed by atoms with Gasteiger partial charge in [0.2, 0.25) is 5.91 Å². The van der Waals surface area contributed by atoms with Gasteiger partial charge in [-0.15, -0.1) is 11.3 Å². The van der Waals surface area contributed by atoms with Crippen molar-refractivity contribution in [1.29, 1.82) is 0 Å². The summed E-state index contributed by atoms with van der Waals surface area (Å²) in [6.07, 6.45) is -0.234. The molecule has 0 aliphatic heterocycles. The molecule has 0 aliphatic rings. The number of sulfone groups is 1. The maximum atomic E-state index is 12.0. The van der Waals surface area contributed by atoms with Crippen LogP contribution in [0, 0.1) is 0 Å². The molecule has 1 aromatic heterocycles. The molecule has 1 heterocycles. The quantitative estimate of drug-likeness (QED) is 0.806. The van der Waals surface area contributed by atoms with Gasteiger partial charge in [-0.05, 0) is 23.6 Å². The molecule has 22 heavy (non-hydrogen) atoms. The Hall–Kier alpha value is -2.19. The van der Waals surface area contributed by atoms with E-state index in [1.165, 1.54) is 23.5 Å². The fourth-order valence-corrected chi connectivity index (χ4v) is 3.51. The highest BCUT2D eigenvalue weighted by Gasteiger charge is 2.16. The van der Waals surface area contributed by atoms with E-state index >= 15 is 0 Å². The summed E-state index contributed by atoms with van der Waals surface area (Å²) in [4.78, 5) is 23.8. The lowest BCUT2D eigenvalue weighted by Crippen LogP contribution is -2.41. The monoisotopic (exact) mass is 338 g/mol. The number of thiophene rings is 1. The van der Waals surface area contributed by atoms with Crippen LogP contribution in [0.15, 0.2) is 52.7 Å². The zero-order valence-electron chi connectivity index (χ0n) is 11.5. The maximum absolute atomic E-state index is 12.0. The van der Waals surface area contributed by atoms with Crippen LogP contribution in [0.4, 0.5) is 0 Å². The zero-order valence-corrected chi connectivity index (χ0v) is 13.1. The summed E-state index contributed by atoms with van der Waals surface area (Å²) >= 11 is 1.24. The minimum Gasteiger partial charge on any atom is -0.273 e. The van der Waals surface area contributed by atoms with E-state index in [-0.39, 0.29) is 17.1 Å². The average Bonchev–Trinajstić information content (AvgIpc) is 3.06. The zero-order chi connectivity index (χ0) is 16.0. The van der Waals surface area contributed by atoms with Gasteiger partial charge in [0.25, 0.3) is 5.91 Å². The van der Waals surface area contributed by atoms with Gasteiger partial charge in [0, 0.05) is 6.42 Å². The number of nitrogens with one attached hydrogen (secondary N) is 2. The van der Waals surface area contributed by atoms with E-state index in [4.69, 9.17) is 0 Å². The van der Waals surface area contributed by atoms with E-state index in [0.717, 1.165) is 0 Å². The molecule has 0 spiro atoms. The van der Waals surface area contributed by atoms with Crippen LogP contribution in [0.5, 0.6) is 0 Å². The SMILES string of the molecule is O=C(CCS(=O)(=O)c1ccccc1)NNC(=O)c1cccs1. The maximum Gasteiger partial charge on any atom is 0.279 e. The van der Waals surface area contributed by atoms with Gasteiger partial charge in [0.1, 0.15) is 0 Å². The third-order valence-corrected chi connectivity index (χ3v) is 5.36. The van der Waals surface area contributed by atoms with Gasteiger partial charge in [0.05, 0.1) is 15.5 Å². The van der Waals surface area contributed by atoms with Crippen LogP contribution in [0.25, 0.3) is 0 Å². The Morgan fingerprint density at radius 2 is 1.73 bits per heavy atom. The second-order valence-electron chi connectivity index (χ2n) is 4.36. The molecule has 0 atom stereocenters. The van der Waals surface area contributed by atoms with Crippen molar-refractivity contribution in [3.63, 3.8) is 0 Å². The van der Waals surface area contributed by atoms with Crippen molar-refractivity contribution in [2.75, 3.05) is 5.75 Å². The van der Waals surface area contributed by atoms with Gasteiger partial charge in [-0.3, -0.25) is 20.4 Å². The van der Waals surface area contributed by atoms with E-state index < -0.39 is 21.7 Å². The van der Waals surface area contributed by atoms with E-state index in [1.54, 1.807) is 35.7 Å². The van der Waals surface area contributed by atoms with E-state index in [0.29, 0.717) is 4.88 Å². The molecule has 2 rings (SSSR count). The molecule has 2 amide bonds. The summed E-state index contributed by atoms with van der Waals surface area (Å²) in [5.41, 5.74) is 4.44. The van der Waals surface area contributed by atoms with Gasteiger partial charge in [-0.1, -0.05) is 24.3 Å². The van der Waals surface area contributed by atoms with Crippen LogP contribution in [0.1, 0.15) is 16.1 Å². The van der Waals surface area contributed by atoms with Crippen LogP contribution in [-0.2, 0) is 14.6 Å². The summed E-state index contributed by atoms with van der Waals surface area (Å²) in [7, 11) is -3.51. The Labute approximate surface area is 132 Å². The van der Waals surface area contributed by atoms with Crippen LogP contribution in [0.3, 0.4) is 0 Å². The molecule has 116 valence electrons. The van der Waals surface area contributed by atoms with Gasteiger partial charge in [-0.25, -0.2) is 8.42 Å². The minimum atomic E-state index is -3.51. The normalized spacial score (nSPS) is 10.9. The Morgan fingerprint density at radius 1 is 1.00 bits per heavy atom. The van der Waals surface area contributed by atoms with Crippen molar-refractivity contribution in [3.05, 3.63) is 52.7 Å². The number of carbonyl (C=O) groups excluding carboxylic acids is 2. The first kappa shape index (κ1) is 16.2. The lowest BCUT2D eigenvalue weighted by molar-refractivity contribution is -0.121. The Morgan fingerprint density at radius 3 is 2.36 bits per heavy atom. The number of rotatable bonds is 5. The van der Waals surface area contributed by atoms with Gasteiger partial charge in [0.15, 0.2) is 9.84 Å². The number of hydrazine groups is 1. The summed E-state index contributed by atoms with van der Waals surface area (Å²) in [6.45, 7) is 0. The number of hydrogen-bond donors (Lipinski definition) is 2. The topological polar surface area (TPSA) is 92.3 Å². The lowest BCUT2D eigenvalue weighted by atomic mass is 10.4. The van der Waals surface area contributed by atoms with Gasteiger partial charge < -0.3 is 0 Å². The predicted molar refractivity (Wildman–Crippen MR) is 83.0 cm³/mol. The molecule has 6 nitrogen and oxygen atoms in total. The highest BCUT2D eigenvalue weighted by atomic mass is 32.2. The standard InChI is InChI=1S/C14H14N2O4S2/c17-13(15-16-14(18)12-7-4-9-21-12)8-10-22(19,20)11-5-2-1-3-6-11/h1-7,9H,8,10H2,(H,15,17)(H,16,18). The van der Waals surface area contributed by atoms with Crippen molar-refractivity contribution in [2.24, 2.45) is 0 Å². The van der Waals surface area contributed by atoms with E-state index in [9.17, 15) is 18.0 Å². The highest BCUT2D eigenvalue weighted by Crippen LogP contribution is 2.11. The van der Waals surface area contributed by atoms with Crippen LogP contribution >= 0.6 is 11.3 Å². The summed E-state index contributed by atoms with van der Waals surface area (Å²) in [5.74, 6) is -1.32. The Balaban J connectivity index is 1.82. The van der Waals surface area contributed by atoms with Gasteiger partial charge >= 0.3 is 0 Å². The number of amides is 2. The molecule has 0 radical (unpaired) electrons. The smallest absolute Gasteiger partial charge is 0.273 e. The fourth-order valence-electron chi connectivity index (χ4n) is 1.63. The molecular formula is C14H14N2O4S2. The number of benzene rings is 1. The van der Waals surface area contributed by atoms with Crippen molar-refractivity contribution >= 4 is 33.0 Å². The van der Waals surface area contributed by atoms with Crippen LogP contribution in [-0.4, -0.2) is 26.0 Å². The van der Waals surface area contributed by atoms with Crippen molar-refractivity contribution in [3.8, 4) is 0 Å².